The van der Waals surface area contributed by atoms with E-state index in [9.17, 15) is 4.39 Å². The van der Waals surface area contributed by atoms with Crippen LogP contribution in [0.5, 0.6) is 0 Å². The fraction of sp³-hybridized carbons (Fsp3) is 0.318. The van der Waals surface area contributed by atoms with Gasteiger partial charge in [-0.05, 0) is 31.5 Å². The highest BCUT2D eigenvalue weighted by molar-refractivity contribution is 5.57. The second-order valence-electron chi connectivity index (χ2n) is 7.17. The van der Waals surface area contributed by atoms with Gasteiger partial charge >= 0.3 is 0 Å². The van der Waals surface area contributed by atoms with Crippen LogP contribution in [0.4, 0.5) is 10.2 Å². The largest absolute Gasteiger partial charge is 0.354 e. The van der Waals surface area contributed by atoms with Gasteiger partial charge in [0.25, 0.3) is 0 Å². The molecule has 0 N–H and O–H groups in total. The number of rotatable bonds is 4. The zero-order valence-electron chi connectivity index (χ0n) is 16.2. The third-order valence-corrected chi connectivity index (χ3v) is 5.29. The van der Waals surface area contributed by atoms with E-state index in [1.54, 1.807) is 6.07 Å². The monoisotopic (exact) mass is 377 g/mol. The summed E-state index contributed by atoms with van der Waals surface area (Å²) in [5.41, 5.74) is 2.96. The quantitative estimate of drug-likeness (QED) is 0.646. The summed E-state index contributed by atoms with van der Waals surface area (Å²) >= 11 is 0. The van der Waals surface area contributed by atoms with Crippen molar-refractivity contribution in [3.05, 3.63) is 71.9 Å². The molecule has 0 amide bonds. The Morgan fingerprint density at radius 3 is 2.39 bits per heavy atom. The number of hydrogen-bond donors (Lipinski definition) is 0. The third-order valence-electron chi connectivity index (χ3n) is 5.29. The SMILES string of the molecule is Cc1cc(N2CCN(C(C)c3ccccc3)CC2)nc(-c2ccc(F)nc2)n1. The highest BCUT2D eigenvalue weighted by atomic mass is 19.1. The van der Waals surface area contributed by atoms with Crippen molar-refractivity contribution in [2.75, 3.05) is 31.1 Å². The summed E-state index contributed by atoms with van der Waals surface area (Å²) < 4.78 is 13.1. The Labute approximate surface area is 164 Å². The van der Waals surface area contributed by atoms with Crippen LogP contribution >= 0.6 is 0 Å². The first-order valence-corrected chi connectivity index (χ1v) is 9.62. The minimum atomic E-state index is -0.500. The van der Waals surface area contributed by atoms with Crippen molar-refractivity contribution < 1.29 is 4.39 Å². The Balaban J connectivity index is 1.48. The van der Waals surface area contributed by atoms with E-state index in [0.29, 0.717) is 11.9 Å². The Hall–Kier alpha value is -2.86. The molecule has 5 nitrogen and oxygen atoms in total. The number of aromatic nitrogens is 3. The molecule has 1 aliphatic rings. The average Bonchev–Trinajstić information content (AvgIpc) is 2.74. The van der Waals surface area contributed by atoms with Gasteiger partial charge in [-0.15, -0.1) is 0 Å². The van der Waals surface area contributed by atoms with Crippen LogP contribution in [-0.2, 0) is 0 Å². The number of pyridine rings is 1. The van der Waals surface area contributed by atoms with Gasteiger partial charge in [0.2, 0.25) is 5.95 Å². The van der Waals surface area contributed by atoms with Crippen LogP contribution in [0, 0.1) is 12.9 Å². The first-order valence-electron chi connectivity index (χ1n) is 9.62. The molecule has 1 aliphatic heterocycles. The first kappa shape index (κ1) is 18.5. The van der Waals surface area contributed by atoms with Crippen molar-refractivity contribution in [1.29, 1.82) is 0 Å². The van der Waals surface area contributed by atoms with E-state index in [2.05, 4.69) is 57.0 Å². The van der Waals surface area contributed by atoms with Crippen LogP contribution in [0.1, 0.15) is 24.2 Å². The number of nitrogens with zero attached hydrogens (tertiary/aromatic N) is 5. The first-order chi connectivity index (χ1) is 13.6. The van der Waals surface area contributed by atoms with Gasteiger partial charge in [0.05, 0.1) is 0 Å². The van der Waals surface area contributed by atoms with E-state index in [1.165, 1.54) is 17.8 Å². The van der Waals surface area contributed by atoms with Gasteiger partial charge in [0.1, 0.15) is 5.82 Å². The maximum Gasteiger partial charge on any atom is 0.212 e. The van der Waals surface area contributed by atoms with Gasteiger partial charge in [-0.25, -0.2) is 15.0 Å². The predicted octanol–water partition coefficient (Wildman–Crippen LogP) is 3.87. The van der Waals surface area contributed by atoms with Crippen LogP contribution in [-0.4, -0.2) is 46.0 Å². The van der Waals surface area contributed by atoms with Crippen molar-refractivity contribution in [2.45, 2.75) is 19.9 Å². The molecule has 1 unspecified atom stereocenters. The molecule has 4 rings (SSSR count). The van der Waals surface area contributed by atoms with E-state index in [1.807, 2.05) is 13.0 Å². The van der Waals surface area contributed by atoms with Crippen molar-refractivity contribution in [2.24, 2.45) is 0 Å². The van der Waals surface area contributed by atoms with E-state index < -0.39 is 5.95 Å². The highest BCUT2D eigenvalue weighted by Crippen LogP contribution is 2.24. The molecule has 1 fully saturated rings. The van der Waals surface area contributed by atoms with Crippen LogP contribution in [0.2, 0.25) is 0 Å². The third kappa shape index (κ3) is 4.02. The molecule has 28 heavy (non-hydrogen) atoms. The molecule has 3 aromatic rings. The summed E-state index contributed by atoms with van der Waals surface area (Å²) in [7, 11) is 0. The molecular formula is C22H24FN5. The second-order valence-corrected chi connectivity index (χ2v) is 7.17. The van der Waals surface area contributed by atoms with Crippen LogP contribution in [0.15, 0.2) is 54.7 Å². The van der Waals surface area contributed by atoms with E-state index in [-0.39, 0.29) is 0 Å². The molecule has 1 saturated heterocycles. The Morgan fingerprint density at radius 2 is 1.71 bits per heavy atom. The molecule has 0 bridgehead atoms. The molecule has 0 radical (unpaired) electrons. The number of halogens is 1. The fourth-order valence-corrected chi connectivity index (χ4v) is 3.63. The van der Waals surface area contributed by atoms with E-state index in [0.717, 1.165) is 43.3 Å². The maximum absolute atomic E-state index is 13.1. The summed E-state index contributed by atoms with van der Waals surface area (Å²) in [6.07, 6.45) is 1.48. The zero-order valence-corrected chi connectivity index (χ0v) is 16.2. The summed E-state index contributed by atoms with van der Waals surface area (Å²) in [6, 6.07) is 16.0. The minimum absolute atomic E-state index is 0.399. The normalized spacial score (nSPS) is 16.2. The van der Waals surface area contributed by atoms with Crippen molar-refractivity contribution in [1.82, 2.24) is 19.9 Å². The molecule has 2 aromatic heterocycles. The van der Waals surface area contributed by atoms with Gasteiger partial charge < -0.3 is 4.90 Å². The lowest BCUT2D eigenvalue weighted by Crippen LogP contribution is -2.47. The number of aryl methyl sites for hydroxylation is 1. The van der Waals surface area contributed by atoms with Gasteiger partial charge in [0.15, 0.2) is 5.82 Å². The summed E-state index contributed by atoms with van der Waals surface area (Å²) in [6.45, 7) is 8.00. The molecule has 0 saturated carbocycles. The number of benzene rings is 1. The minimum Gasteiger partial charge on any atom is -0.354 e. The van der Waals surface area contributed by atoms with Crippen LogP contribution in [0.3, 0.4) is 0 Å². The second kappa shape index (κ2) is 8.02. The molecule has 6 heteroatoms. The molecular weight excluding hydrogens is 353 g/mol. The van der Waals surface area contributed by atoms with Crippen molar-refractivity contribution in [3.8, 4) is 11.4 Å². The summed E-state index contributed by atoms with van der Waals surface area (Å²) in [4.78, 5) is 17.7. The summed E-state index contributed by atoms with van der Waals surface area (Å²) in [5.74, 6) is 1.00. The van der Waals surface area contributed by atoms with E-state index >= 15 is 0 Å². The molecule has 1 aromatic carbocycles. The van der Waals surface area contributed by atoms with Crippen LogP contribution < -0.4 is 4.90 Å². The van der Waals surface area contributed by atoms with Gasteiger partial charge in [0, 0.05) is 55.7 Å². The Bertz CT molecular complexity index is 921. The molecule has 3 heterocycles. The van der Waals surface area contributed by atoms with Crippen molar-refractivity contribution in [3.63, 3.8) is 0 Å². The fourth-order valence-electron chi connectivity index (χ4n) is 3.63. The number of piperazine rings is 1. The van der Waals surface area contributed by atoms with Crippen LogP contribution in [0.25, 0.3) is 11.4 Å². The van der Waals surface area contributed by atoms with Gasteiger partial charge in [-0.1, -0.05) is 30.3 Å². The Morgan fingerprint density at radius 1 is 0.964 bits per heavy atom. The predicted molar refractivity (Wildman–Crippen MR) is 109 cm³/mol. The average molecular weight is 377 g/mol. The van der Waals surface area contributed by atoms with Gasteiger partial charge in [-0.3, -0.25) is 4.90 Å². The highest BCUT2D eigenvalue weighted by Gasteiger charge is 2.23. The molecule has 0 aliphatic carbocycles. The number of anilines is 1. The Kier molecular flexibility index (Phi) is 5.30. The van der Waals surface area contributed by atoms with Crippen molar-refractivity contribution >= 4 is 5.82 Å². The summed E-state index contributed by atoms with van der Waals surface area (Å²) in [5, 5.41) is 0. The number of hydrogen-bond acceptors (Lipinski definition) is 5. The molecule has 1 atom stereocenters. The molecule has 0 spiro atoms. The van der Waals surface area contributed by atoms with E-state index in [4.69, 9.17) is 4.98 Å². The smallest absolute Gasteiger partial charge is 0.212 e. The zero-order chi connectivity index (χ0) is 19.5. The lowest BCUT2D eigenvalue weighted by molar-refractivity contribution is 0.198. The molecule has 144 valence electrons. The lowest BCUT2D eigenvalue weighted by Gasteiger charge is -2.38. The lowest BCUT2D eigenvalue weighted by atomic mass is 10.1. The topological polar surface area (TPSA) is 45.2 Å². The standard InChI is InChI=1S/C22H24FN5/c1-16-14-21(26-22(25-16)19-8-9-20(23)24-15-19)28-12-10-27(11-13-28)17(2)18-6-4-3-5-7-18/h3-9,14-15,17H,10-13H2,1-2H3. The maximum atomic E-state index is 13.1. The van der Waals surface area contributed by atoms with Gasteiger partial charge in [-0.2, -0.15) is 4.39 Å².